The normalized spacial score (nSPS) is 13.2. The Labute approximate surface area is 139 Å². The van der Waals surface area contributed by atoms with Crippen molar-refractivity contribution < 1.29 is 18.0 Å². The lowest BCUT2D eigenvalue weighted by Crippen LogP contribution is -2.15. The molecule has 0 spiro atoms. The number of halogens is 3. The summed E-state index contributed by atoms with van der Waals surface area (Å²) in [6.07, 6.45) is -1.89. The molecule has 124 valence electrons. The fraction of sp³-hybridized carbons (Fsp3) is 0.188. The average Bonchev–Trinajstić information content (AvgIpc) is 2.97. The van der Waals surface area contributed by atoms with Gasteiger partial charge in [0.15, 0.2) is 10.9 Å². The van der Waals surface area contributed by atoms with Crippen LogP contribution in [0.5, 0.6) is 0 Å². The average molecular weight is 351 g/mol. The zero-order valence-corrected chi connectivity index (χ0v) is 13.3. The molecule has 0 saturated carbocycles. The number of nitrogens with zero attached hydrogens (tertiary/aromatic N) is 2. The molecule has 0 saturated heterocycles. The summed E-state index contributed by atoms with van der Waals surface area (Å²) in [5.41, 5.74) is 0.303. The predicted octanol–water partition coefficient (Wildman–Crippen LogP) is 4.34. The second-order valence-corrected chi connectivity index (χ2v) is 6.40. The van der Waals surface area contributed by atoms with E-state index in [1.165, 1.54) is 0 Å². The maximum absolute atomic E-state index is 12.7. The molecule has 1 N–H and O–H groups in total. The lowest BCUT2D eigenvalue weighted by Gasteiger charge is -2.10. The van der Waals surface area contributed by atoms with Crippen LogP contribution in [0.15, 0.2) is 47.9 Å². The van der Waals surface area contributed by atoms with Gasteiger partial charge in [-0.25, -0.2) is 9.97 Å². The van der Waals surface area contributed by atoms with Crippen LogP contribution in [0, 0.1) is 0 Å². The van der Waals surface area contributed by atoms with Crippen LogP contribution < -0.4 is 0 Å². The van der Waals surface area contributed by atoms with Crippen LogP contribution in [0.4, 0.5) is 13.2 Å². The lowest BCUT2D eigenvalue weighted by molar-refractivity contribution is -0.141. The minimum Gasteiger partial charge on any atom is -0.360 e. The first-order valence-corrected chi connectivity index (χ1v) is 7.91. The van der Waals surface area contributed by atoms with Crippen LogP contribution in [0.25, 0.3) is 10.9 Å². The van der Waals surface area contributed by atoms with Crippen LogP contribution in [-0.4, -0.2) is 26.0 Å². The third kappa shape index (κ3) is 3.28. The summed E-state index contributed by atoms with van der Waals surface area (Å²) >= 11 is 0.903. The zero-order valence-electron chi connectivity index (χ0n) is 12.5. The molecule has 0 aliphatic carbocycles. The summed E-state index contributed by atoms with van der Waals surface area (Å²) in [7, 11) is 0. The molecule has 0 aliphatic heterocycles. The number of para-hydroxylation sites is 1. The van der Waals surface area contributed by atoms with Gasteiger partial charge in [0.1, 0.15) is 5.69 Å². The highest BCUT2D eigenvalue weighted by molar-refractivity contribution is 8.00. The first-order chi connectivity index (χ1) is 11.4. The first-order valence-electron chi connectivity index (χ1n) is 7.03. The van der Waals surface area contributed by atoms with E-state index in [4.69, 9.17) is 0 Å². The highest BCUT2D eigenvalue weighted by Gasteiger charge is 2.33. The molecule has 3 rings (SSSR count). The van der Waals surface area contributed by atoms with Crippen LogP contribution in [0.1, 0.15) is 23.0 Å². The molecule has 2 aromatic heterocycles. The zero-order chi connectivity index (χ0) is 17.3. The predicted molar refractivity (Wildman–Crippen MR) is 85.0 cm³/mol. The fourth-order valence-electron chi connectivity index (χ4n) is 2.26. The van der Waals surface area contributed by atoms with Gasteiger partial charge in [-0.2, -0.15) is 13.2 Å². The number of Topliss-reactive ketones (excluding diaryl/α,β-unsaturated/α-hetero) is 1. The van der Waals surface area contributed by atoms with E-state index in [9.17, 15) is 18.0 Å². The number of ketones is 1. The van der Waals surface area contributed by atoms with Crippen molar-refractivity contribution in [1.82, 2.24) is 15.0 Å². The maximum atomic E-state index is 12.7. The van der Waals surface area contributed by atoms with Gasteiger partial charge in [-0.15, -0.1) is 0 Å². The molecule has 1 aromatic carbocycles. The van der Waals surface area contributed by atoms with Crippen LogP contribution >= 0.6 is 11.8 Å². The molecular formula is C16H12F3N3OS. The number of aromatic nitrogens is 3. The minimum absolute atomic E-state index is 0.0782. The Hall–Kier alpha value is -2.35. The number of carbonyl (C=O) groups is 1. The van der Waals surface area contributed by atoms with E-state index < -0.39 is 17.1 Å². The third-order valence-electron chi connectivity index (χ3n) is 3.43. The first kappa shape index (κ1) is 16.5. The van der Waals surface area contributed by atoms with Crippen molar-refractivity contribution in [2.45, 2.75) is 23.5 Å². The van der Waals surface area contributed by atoms with Gasteiger partial charge in [0.2, 0.25) is 0 Å². The molecule has 1 atom stereocenters. The largest absolute Gasteiger partial charge is 0.433 e. The molecule has 24 heavy (non-hydrogen) atoms. The second kappa shape index (κ2) is 6.27. The number of alkyl halides is 3. The van der Waals surface area contributed by atoms with Gasteiger partial charge in [0.05, 0.1) is 5.25 Å². The Morgan fingerprint density at radius 1 is 1.25 bits per heavy atom. The number of hydrogen-bond acceptors (Lipinski definition) is 4. The Morgan fingerprint density at radius 2 is 2.00 bits per heavy atom. The number of carbonyl (C=O) groups excluding carboxylic acids is 1. The summed E-state index contributed by atoms with van der Waals surface area (Å²) in [6, 6.07) is 8.13. The highest BCUT2D eigenvalue weighted by Crippen LogP contribution is 2.30. The van der Waals surface area contributed by atoms with E-state index in [2.05, 4.69) is 15.0 Å². The van der Waals surface area contributed by atoms with Crippen LogP contribution in [0.3, 0.4) is 0 Å². The molecule has 4 nitrogen and oxygen atoms in total. The number of H-pyrrole nitrogens is 1. The van der Waals surface area contributed by atoms with Crippen molar-refractivity contribution in [3.63, 3.8) is 0 Å². The molecule has 3 aromatic rings. The van der Waals surface area contributed by atoms with Gasteiger partial charge in [-0.1, -0.05) is 30.0 Å². The summed E-state index contributed by atoms with van der Waals surface area (Å²) in [5.74, 6) is -0.196. The Kier molecular flexibility index (Phi) is 4.31. The van der Waals surface area contributed by atoms with E-state index in [-0.39, 0.29) is 10.9 Å². The second-order valence-electron chi connectivity index (χ2n) is 5.09. The summed E-state index contributed by atoms with van der Waals surface area (Å²) in [6.45, 7) is 1.62. The van der Waals surface area contributed by atoms with Gasteiger partial charge in [0.25, 0.3) is 0 Å². The Balaban J connectivity index is 1.82. The smallest absolute Gasteiger partial charge is 0.360 e. The SMILES string of the molecule is CC(Sc1nccc(C(F)(F)F)n1)C(=O)c1c[nH]c2ccccc12. The van der Waals surface area contributed by atoms with Crippen molar-refractivity contribution in [2.24, 2.45) is 0 Å². The fourth-order valence-corrected chi connectivity index (χ4v) is 3.08. The van der Waals surface area contributed by atoms with Crippen LogP contribution in [-0.2, 0) is 6.18 Å². The summed E-state index contributed by atoms with van der Waals surface area (Å²) < 4.78 is 38.1. The molecule has 2 heterocycles. The van der Waals surface area contributed by atoms with E-state index >= 15 is 0 Å². The number of benzene rings is 1. The summed E-state index contributed by atoms with van der Waals surface area (Å²) in [5, 5.41) is 0.0816. The molecule has 0 fully saturated rings. The van der Waals surface area contributed by atoms with Crippen molar-refractivity contribution in [3.05, 3.63) is 54.0 Å². The van der Waals surface area contributed by atoms with Gasteiger partial charge in [-0.3, -0.25) is 4.79 Å². The maximum Gasteiger partial charge on any atom is 0.433 e. The Morgan fingerprint density at radius 3 is 2.75 bits per heavy atom. The third-order valence-corrected chi connectivity index (χ3v) is 4.41. The topological polar surface area (TPSA) is 58.6 Å². The van der Waals surface area contributed by atoms with Crippen molar-refractivity contribution in [2.75, 3.05) is 0 Å². The van der Waals surface area contributed by atoms with Gasteiger partial charge in [-0.05, 0) is 19.1 Å². The van der Waals surface area contributed by atoms with Crippen molar-refractivity contribution in [1.29, 1.82) is 0 Å². The molecule has 8 heteroatoms. The number of aromatic amines is 1. The van der Waals surface area contributed by atoms with Gasteiger partial charge < -0.3 is 4.98 Å². The van der Waals surface area contributed by atoms with E-state index in [1.807, 2.05) is 24.3 Å². The summed E-state index contributed by atoms with van der Waals surface area (Å²) in [4.78, 5) is 22.9. The van der Waals surface area contributed by atoms with E-state index in [1.54, 1.807) is 13.1 Å². The molecule has 0 amide bonds. The number of hydrogen-bond donors (Lipinski definition) is 1. The highest BCUT2D eigenvalue weighted by atomic mass is 32.2. The molecule has 0 bridgehead atoms. The standard InChI is InChI=1S/C16H12F3N3OS/c1-9(24-15-20-7-6-13(22-15)16(17,18)19)14(23)11-8-21-12-5-3-2-4-10(11)12/h2-9,21H,1H3. The molecule has 0 aliphatic rings. The quantitative estimate of drug-likeness (QED) is 0.432. The van der Waals surface area contributed by atoms with Crippen molar-refractivity contribution in [3.8, 4) is 0 Å². The van der Waals surface area contributed by atoms with E-state index in [0.717, 1.165) is 34.9 Å². The van der Waals surface area contributed by atoms with Crippen LogP contribution in [0.2, 0.25) is 0 Å². The number of rotatable bonds is 4. The number of nitrogens with one attached hydrogen (secondary N) is 1. The molecule has 1 unspecified atom stereocenters. The van der Waals surface area contributed by atoms with Crippen molar-refractivity contribution >= 4 is 28.4 Å². The number of fused-ring (bicyclic) bond motifs is 1. The molecule has 0 radical (unpaired) electrons. The number of thioether (sulfide) groups is 1. The van der Waals surface area contributed by atoms with Gasteiger partial charge >= 0.3 is 6.18 Å². The minimum atomic E-state index is -4.54. The lowest BCUT2D eigenvalue weighted by atomic mass is 10.1. The van der Waals surface area contributed by atoms with Gasteiger partial charge in [0, 0.05) is 28.9 Å². The monoisotopic (exact) mass is 351 g/mol. The Bertz CT molecular complexity index is 891. The molecular weight excluding hydrogens is 339 g/mol. The van der Waals surface area contributed by atoms with E-state index in [0.29, 0.717) is 5.56 Å².